The van der Waals surface area contributed by atoms with Crippen LogP contribution in [0.25, 0.3) is 6.08 Å². The second-order valence-electron chi connectivity index (χ2n) is 6.04. The Labute approximate surface area is 166 Å². The summed E-state index contributed by atoms with van der Waals surface area (Å²) in [6, 6.07) is 8.47. The molecule has 0 aliphatic carbocycles. The Morgan fingerprint density at radius 3 is 2.37 bits per heavy atom. The van der Waals surface area contributed by atoms with Crippen LogP contribution in [0, 0.1) is 13.8 Å². The van der Waals surface area contributed by atoms with Crippen LogP contribution in [-0.4, -0.2) is 17.8 Å². The number of carbonyl (C=O) groups excluding carboxylic acids is 2. The summed E-state index contributed by atoms with van der Waals surface area (Å²) in [7, 11) is 0. The molecule has 0 saturated heterocycles. The Kier molecular flexibility index (Phi) is 5.35. The summed E-state index contributed by atoms with van der Waals surface area (Å²) in [5, 5.41) is 0.748. The molecular weight excluding hydrogens is 389 g/mol. The molecule has 7 heteroatoms. The van der Waals surface area contributed by atoms with Crippen LogP contribution in [0.1, 0.15) is 29.2 Å². The lowest BCUT2D eigenvalue weighted by Crippen LogP contribution is -2.05. The monoisotopic (exact) mass is 403 g/mol. The zero-order chi connectivity index (χ0) is 19.7. The molecule has 138 valence electrons. The standard InChI is InChI=1S/C20H15Cl2NO4/c1-10-6-13(7-11(2)18(10)26-12(3)24)8-17-20(25)27-19(23-17)14-4-5-15(21)16(22)9-14/h4-9H,1-3H3/b17-8-. The van der Waals surface area contributed by atoms with E-state index in [1.165, 1.54) is 6.92 Å². The van der Waals surface area contributed by atoms with Crippen molar-refractivity contribution in [2.45, 2.75) is 20.8 Å². The van der Waals surface area contributed by atoms with Gasteiger partial charge in [0, 0.05) is 12.5 Å². The Morgan fingerprint density at radius 1 is 1.11 bits per heavy atom. The van der Waals surface area contributed by atoms with Crippen LogP contribution in [0.15, 0.2) is 41.0 Å². The Balaban J connectivity index is 1.95. The third-order valence-electron chi connectivity index (χ3n) is 3.82. The highest BCUT2D eigenvalue weighted by atomic mass is 35.5. The maximum absolute atomic E-state index is 12.2. The van der Waals surface area contributed by atoms with Gasteiger partial charge >= 0.3 is 11.9 Å². The molecule has 0 aromatic heterocycles. The molecule has 1 aliphatic rings. The van der Waals surface area contributed by atoms with Gasteiger partial charge < -0.3 is 9.47 Å². The van der Waals surface area contributed by atoms with Crippen LogP contribution in [0.2, 0.25) is 10.0 Å². The molecule has 27 heavy (non-hydrogen) atoms. The summed E-state index contributed by atoms with van der Waals surface area (Å²) in [4.78, 5) is 27.6. The molecule has 0 unspecified atom stereocenters. The normalized spacial score (nSPS) is 14.9. The molecule has 1 aliphatic heterocycles. The first-order valence-electron chi connectivity index (χ1n) is 8.02. The summed E-state index contributed by atoms with van der Waals surface area (Å²) in [5.74, 6) is -0.272. The molecule has 2 aromatic carbocycles. The number of carbonyl (C=O) groups is 2. The summed E-state index contributed by atoms with van der Waals surface area (Å²) >= 11 is 11.9. The van der Waals surface area contributed by atoms with Crippen molar-refractivity contribution < 1.29 is 19.1 Å². The van der Waals surface area contributed by atoms with Crippen LogP contribution >= 0.6 is 23.2 Å². The summed E-state index contributed by atoms with van der Waals surface area (Å²) < 4.78 is 10.5. The quantitative estimate of drug-likeness (QED) is 0.416. The molecule has 5 nitrogen and oxygen atoms in total. The van der Waals surface area contributed by atoms with Crippen LogP contribution in [-0.2, 0) is 14.3 Å². The summed E-state index contributed by atoms with van der Waals surface area (Å²) in [6.45, 7) is 5.00. The number of cyclic esters (lactones) is 1. The zero-order valence-electron chi connectivity index (χ0n) is 14.8. The molecule has 0 radical (unpaired) electrons. The van der Waals surface area contributed by atoms with Crippen molar-refractivity contribution in [2.24, 2.45) is 4.99 Å². The van der Waals surface area contributed by atoms with E-state index in [1.54, 1.807) is 36.4 Å². The van der Waals surface area contributed by atoms with Gasteiger partial charge in [0.05, 0.1) is 10.0 Å². The van der Waals surface area contributed by atoms with E-state index in [-0.39, 0.29) is 17.6 Å². The van der Waals surface area contributed by atoms with Gasteiger partial charge in [0.1, 0.15) is 5.75 Å². The van der Waals surface area contributed by atoms with E-state index >= 15 is 0 Å². The van der Waals surface area contributed by atoms with Gasteiger partial charge in [-0.1, -0.05) is 23.2 Å². The Morgan fingerprint density at radius 2 is 1.78 bits per heavy atom. The van der Waals surface area contributed by atoms with Gasteiger partial charge in [-0.05, 0) is 66.9 Å². The Hall–Kier alpha value is -2.63. The molecule has 0 amide bonds. The number of aryl methyl sites for hydroxylation is 2. The molecule has 3 rings (SSSR count). The molecule has 0 fully saturated rings. The van der Waals surface area contributed by atoms with E-state index < -0.39 is 5.97 Å². The van der Waals surface area contributed by atoms with Crippen LogP contribution < -0.4 is 4.74 Å². The minimum atomic E-state index is -0.560. The minimum absolute atomic E-state index is 0.162. The van der Waals surface area contributed by atoms with Gasteiger partial charge in [-0.3, -0.25) is 4.79 Å². The van der Waals surface area contributed by atoms with Crippen LogP contribution in [0.4, 0.5) is 0 Å². The maximum Gasteiger partial charge on any atom is 0.363 e. The second-order valence-corrected chi connectivity index (χ2v) is 6.86. The van der Waals surface area contributed by atoms with Gasteiger partial charge in [-0.25, -0.2) is 9.79 Å². The van der Waals surface area contributed by atoms with E-state index in [1.807, 2.05) is 13.8 Å². The lowest BCUT2D eigenvalue weighted by Gasteiger charge is -2.10. The molecule has 0 atom stereocenters. The SMILES string of the molecule is CC(=O)Oc1c(C)cc(/C=C2\N=C(c3ccc(Cl)c(Cl)c3)OC2=O)cc1C. The molecule has 0 N–H and O–H groups in total. The third kappa shape index (κ3) is 4.21. The van der Waals surface area contributed by atoms with Crippen molar-refractivity contribution in [3.8, 4) is 5.75 Å². The van der Waals surface area contributed by atoms with Crippen molar-refractivity contribution in [1.82, 2.24) is 0 Å². The predicted molar refractivity (Wildman–Crippen MR) is 104 cm³/mol. The van der Waals surface area contributed by atoms with Gasteiger partial charge in [-0.15, -0.1) is 0 Å². The highest BCUT2D eigenvalue weighted by Crippen LogP contribution is 2.28. The highest BCUT2D eigenvalue weighted by molar-refractivity contribution is 6.42. The van der Waals surface area contributed by atoms with E-state index in [0.29, 0.717) is 21.4 Å². The number of esters is 2. The fraction of sp³-hybridized carbons (Fsp3) is 0.150. The van der Waals surface area contributed by atoms with E-state index in [9.17, 15) is 9.59 Å². The lowest BCUT2D eigenvalue weighted by atomic mass is 10.0. The van der Waals surface area contributed by atoms with Gasteiger partial charge in [0.2, 0.25) is 5.90 Å². The zero-order valence-corrected chi connectivity index (χ0v) is 16.3. The number of aliphatic imine (C=N–C) groups is 1. The summed E-state index contributed by atoms with van der Waals surface area (Å²) in [6.07, 6.45) is 1.62. The molecule has 1 heterocycles. The highest BCUT2D eigenvalue weighted by Gasteiger charge is 2.24. The fourth-order valence-electron chi connectivity index (χ4n) is 2.69. The number of rotatable bonds is 3. The number of nitrogens with zero attached hydrogens (tertiary/aromatic N) is 1. The van der Waals surface area contributed by atoms with Gasteiger partial charge in [0.25, 0.3) is 0 Å². The minimum Gasteiger partial charge on any atom is -0.426 e. The third-order valence-corrected chi connectivity index (χ3v) is 4.56. The number of hydrogen-bond acceptors (Lipinski definition) is 5. The van der Waals surface area contributed by atoms with E-state index in [4.69, 9.17) is 32.7 Å². The average Bonchev–Trinajstić information content (AvgIpc) is 2.94. The molecular formula is C20H15Cl2NO4. The summed E-state index contributed by atoms with van der Waals surface area (Å²) in [5.41, 5.74) is 3.01. The fourth-order valence-corrected chi connectivity index (χ4v) is 2.99. The number of benzene rings is 2. The smallest absolute Gasteiger partial charge is 0.363 e. The average molecular weight is 404 g/mol. The first-order valence-corrected chi connectivity index (χ1v) is 8.78. The molecule has 0 bridgehead atoms. The van der Waals surface area contributed by atoms with Crippen LogP contribution in [0.5, 0.6) is 5.75 Å². The first kappa shape index (κ1) is 19.1. The van der Waals surface area contributed by atoms with Crippen molar-refractivity contribution in [1.29, 1.82) is 0 Å². The topological polar surface area (TPSA) is 65.0 Å². The van der Waals surface area contributed by atoms with Crippen molar-refractivity contribution in [3.05, 3.63) is 68.3 Å². The molecule has 2 aromatic rings. The Bertz CT molecular complexity index is 1000. The molecule has 0 saturated carbocycles. The van der Waals surface area contributed by atoms with E-state index in [0.717, 1.165) is 16.7 Å². The lowest BCUT2D eigenvalue weighted by molar-refractivity contribution is -0.132. The van der Waals surface area contributed by atoms with E-state index in [2.05, 4.69) is 4.99 Å². The number of halogens is 2. The van der Waals surface area contributed by atoms with Gasteiger partial charge in [0.15, 0.2) is 5.70 Å². The van der Waals surface area contributed by atoms with Crippen LogP contribution in [0.3, 0.4) is 0 Å². The first-order chi connectivity index (χ1) is 12.7. The van der Waals surface area contributed by atoms with Crippen molar-refractivity contribution in [3.63, 3.8) is 0 Å². The number of ether oxygens (including phenoxy) is 2. The number of hydrogen-bond donors (Lipinski definition) is 0. The largest absolute Gasteiger partial charge is 0.426 e. The maximum atomic E-state index is 12.2. The predicted octanol–water partition coefficient (Wildman–Crippen LogP) is 4.88. The van der Waals surface area contributed by atoms with Crippen molar-refractivity contribution in [2.75, 3.05) is 0 Å². The molecule has 0 spiro atoms. The van der Waals surface area contributed by atoms with Crippen molar-refractivity contribution >= 4 is 47.1 Å². The van der Waals surface area contributed by atoms with Gasteiger partial charge in [-0.2, -0.15) is 0 Å². The second kappa shape index (κ2) is 7.55.